The minimum Gasteiger partial charge on any atom is -0.352 e. The van der Waals surface area contributed by atoms with Crippen LogP contribution < -0.4 is 11.1 Å². The minimum absolute atomic E-state index is 0. The SMILES string of the molecule is CC(C)(C)CNC(=O)c1ccc(C(=O)N(CCN)CCc2ccccc2)cc1.Cl. The molecule has 0 aliphatic carbocycles. The van der Waals surface area contributed by atoms with Gasteiger partial charge in [0.2, 0.25) is 0 Å². The lowest BCUT2D eigenvalue weighted by Gasteiger charge is -2.22. The van der Waals surface area contributed by atoms with Crippen LogP contribution in [0.15, 0.2) is 54.6 Å². The van der Waals surface area contributed by atoms with Gasteiger partial charge in [-0.25, -0.2) is 0 Å². The summed E-state index contributed by atoms with van der Waals surface area (Å²) in [7, 11) is 0. The molecule has 158 valence electrons. The van der Waals surface area contributed by atoms with Gasteiger partial charge in [-0.05, 0) is 41.7 Å². The molecular formula is C23H32ClN3O2. The third kappa shape index (κ3) is 8.26. The Labute approximate surface area is 180 Å². The van der Waals surface area contributed by atoms with E-state index in [1.807, 2.05) is 18.2 Å². The highest BCUT2D eigenvalue weighted by Crippen LogP contribution is 2.12. The number of hydrogen-bond donors (Lipinski definition) is 2. The number of hydrogen-bond acceptors (Lipinski definition) is 3. The highest BCUT2D eigenvalue weighted by molar-refractivity contribution is 5.97. The van der Waals surface area contributed by atoms with Crippen molar-refractivity contribution in [3.05, 3.63) is 71.3 Å². The first-order valence-electron chi connectivity index (χ1n) is 9.72. The first-order valence-corrected chi connectivity index (χ1v) is 9.72. The average molecular weight is 418 g/mol. The predicted molar refractivity (Wildman–Crippen MR) is 121 cm³/mol. The molecule has 2 aromatic carbocycles. The average Bonchev–Trinajstić information content (AvgIpc) is 2.69. The van der Waals surface area contributed by atoms with Crippen molar-refractivity contribution in [2.45, 2.75) is 27.2 Å². The summed E-state index contributed by atoms with van der Waals surface area (Å²) in [6, 6.07) is 16.9. The maximum absolute atomic E-state index is 12.9. The van der Waals surface area contributed by atoms with E-state index in [0.717, 1.165) is 6.42 Å². The molecule has 5 nitrogen and oxygen atoms in total. The molecule has 6 heteroatoms. The zero-order valence-corrected chi connectivity index (χ0v) is 18.3. The number of carbonyl (C=O) groups is 2. The van der Waals surface area contributed by atoms with Crippen molar-refractivity contribution in [2.24, 2.45) is 11.1 Å². The van der Waals surface area contributed by atoms with E-state index in [1.54, 1.807) is 29.2 Å². The molecule has 0 fully saturated rings. The summed E-state index contributed by atoms with van der Waals surface area (Å²) in [4.78, 5) is 26.9. The molecule has 0 radical (unpaired) electrons. The Morgan fingerprint density at radius 2 is 1.52 bits per heavy atom. The lowest BCUT2D eigenvalue weighted by atomic mass is 9.97. The number of halogens is 1. The summed E-state index contributed by atoms with van der Waals surface area (Å²) in [5.74, 6) is -0.195. The maximum Gasteiger partial charge on any atom is 0.253 e. The lowest BCUT2D eigenvalue weighted by molar-refractivity contribution is 0.0761. The molecule has 0 aliphatic rings. The molecule has 0 aromatic heterocycles. The molecular weight excluding hydrogens is 386 g/mol. The first-order chi connectivity index (χ1) is 13.3. The summed E-state index contributed by atoms with van der Waals surface area (Å²) in [6.45, 7) is 8.31. The minimum atomic E-state index is -0.128. The molecule has 0 atom stereocenters. The number of nitrogens with one attached hydrogen (secondary N) is 1. The number of nitrogens with two attached hydrogens (primary N) is 1. The Kier molecular flexibility index (Phi) is 9.86. The third-order valence-electron chi connectivity index (χ3n) is 4.37. The predicted octanol–water partition coefficient (Wildman–Crippen LogP) is 3.53. The normalized spacial score (nSPS) is 10.8. The van der Waals surface area contributed by atoms with Gasteiger partial charge in [0.25, 0.3) is 11.8 Å². The van der Waals surface area contributed by atoms with Crippen molar-refractivity contribution in [2.75, 3.05) is 26.2 Å². The molecule has 0 unspecified atom stereocenters. The van der Waals surface area contributed by atoms with Crippen LogP contribution in [0.1, 0.15) is 47.1 Å². The van der Waals surface area contributed by atoms with Gasteiger partial charge in [0.1, 0.15) is 0 Å². The number of nitrogens with zero attached hydrogens (tertiary/aromatic N) is 1. The second-order valence-electron chi connectivity index (χ2n) is 8.14. The van der Waals surface area contributed by atoms with Crippen molar-refractivity contribution in [3.8, 4) is 0 Å². The standard InChI is InChI=1S/C23H31N3O2.ClH/c1-23(2,3)17-25-21(27)19-9-11-20(12-10-19)22(28)26(16-14-24)15-13-18-7-5-4-6-8-18;/h4-12H,13-17,24H2,1-3H3,(H,25,27);1H. The fourth-order valence-electron chi connectivity index (χ4n) is 2.77. The van der Waals surface area contributed by atoms with Crippen molar-refractivity contribution in [1.82, 2.24) is 10.2 Å². The number of carbonyl (C=O) groups excluding carboxylic acids is 2. The molecule has 0 saturated heterocycles. The van der Waals surface area contributed by atoms with Crippen molar-refractivity contribution >= 4 is 24.2 Å². The summed E-state index contributed by atoms with van der Waals surface area (Å²) < 4.78 is 0. The van der Waals surface area contributed by atoms with Gasteiger partial charge in [-0.1, -0.05) is 51.1 Å². The molecule has 0 heterocycles. The number of benzene rings is 2. The van der Waals surface area contributed by atoms with Gasteiger partial charge in [0.05, 0.1) is 0 Å². The molecule has 0 spiro atoms. The van der Waals surface area contributed by atoms with E-state index in [1.165, 1.54) is 5.56 Å². The van der Waals surface area contributed by atoms with Gasteiger partial charge >= 0.3 is 0 Å². The largest absolute Gasteiger partial charge is 0.352 e. The Hall–Kier alpha value is -2.37. The van der Waals surface area contributed by atoms with Crippen molar-refractivity contribution in [3.63, 3.8) is 0 Å². The second-order valence-corrected chi connectivity index (χ2v) is 8.14. The monoisotopic (exact) mass is 417 g/mol. The van der Waals surface area contributed by atoms with Gasteiger partial charge in [-0.3, -0.25) is 9.59 Å². The van der Waals surface area contributed by atoms with E-state index in [4.69, 9.17) is 5.73 Å². The van der Waals surface area contributed by atoms with Crippen LogP contribution in [0.4, 0.5) is 0 Å². The zero-order chi connectivity index (χ0) is 20.6. The number of rotatable bonds is 8. The van der Waals surface area contributed by atoms with Crippen LogP contribution in [0.3, 0.4) is 0 Å². The first kappa shape index (κ1) is 24.7. The van der Waals surface area contributed by atoms with Crippen LogP contribution >= 0.6 is 12.4 Å². The van der Waals surface area contributed by atoms with E-state index in [2.05, 4.69) is 38.2 Å². The van der Waals surface area contributed by atoms with Gasteiger partial charge in [-0.15, -0.1) is 12.4 Å². The van der Waals surface area contributed by atoms with E-state index < -0.39 is 0 Å². The summed E-state index contributed by atoms with van der Waals surface area (Å²) in [5.41, 5.74) is 8.02. The highest BCUT2D eigenvalue weighted by Gasteiger charge is 2.17. The molecule has 0 saturated carbocycles. The topological polar surface area (TPSA) is 75.4 Å². The molecule has 2 aromatic rings. The number of amides is 2. The van der Waals surface area contributed by atoms with Gasteiger partial charge in [0, 0.05) is 37.3 Å². The maximum atomic E-state index is 12.9. The lowest BCUT2D eigenvalue weighted by Crippen LogP contribution is -2.37. The summed E-state index contributed by atoms with van der Waals surface area (Å²) in [5, 5.41) is 2.92. The van der Waals surface area contributed by atoms with Crippen LogP contribution in [0.5, 0.6) is 0 Å². The van der Waals surface area contributed by atoms with Crippen LogP contribution in [0.25, 0.3) is 0 Å². The quantitative estimate of drug-likeness (QED) is 0.689. The fourth-order valence-corrected chi connectivity index (χ4v) is 2.77. The van der Waals surface area contributed by atoms with Gasteiger partial charge < -0.3 is 16.0 Å². The molecule has 2 amide bonds. The smallest absolute Gasteiger partial charge is 0.253 e. The van der Waals surface area contributed by atoms with E-state index >= 15 is 0 Å². The van der Waals surface area contributed by atoms with E-state index in [9.17, 15) is 9.59 Å². The Bertz CT molecular complexity index is 771. The molecule has 3 N–H and O–H groups in total. The van der Waals surface area contributed by atoms with Crippen molar-refractivity contribution < 1.29 is 9.59 Å². The zero-order valence-electron chi connectivity index (χ0n) is 17.5. The summed E-state index contributed by atoms with van der Waals surface area (Å²) in [6.07, 6.45) is 0.778. The molecule has 2 rings (SSSR count). The second kappa shape index (κ2) is 11.6. The summed E-state index contributed by atoms with van der Waals surface area (Å²) >= 11 is 0. The fraction of sp³-hybridized carbons (Fsp3) is 0.391. The van der Waals surface area contributed by atoms with Crippen LogP contribution in [0, 0.1) is 5.41 Å². The molecule has 0 bridgehead atoms. The van der Waals surface area contributed by atoms with Crippen LogP contribution in [-0.4, -0.2) is 42.9 Å². The Morgan fingerprint density at radius 3 is 2.07 bits per heavy atom. The van der Waals surface area contributed by atoms with Crippen molar-refractivity contribution in [1.29, 1.82) is 0 Å². The molecule has 29 heavy (non-hydrogen) atoms. The Balaban J connectivity index is 0.00000420. The van der Waals surface area contributed by atoms with E-state index in [-0.39, 0.29) is 29.6 Å². The Morgan fingerprint density at radius 1 is 0.931 bits per heavy atom. The van der Waals surface area contributed by atoms with Gasteiger partial charge in [-0.2, -0.15) is 0 Å². The van der Waals surface area contributed by atoms with Crippen LogP contribution in [0.2, 0.25) is 0 Å². The van der Waals surface area contributed by atoms with E-state index in [0.29, 0.717) is 37.3 Å². The third-order valence-corrected chi connectivity index (χ3v) is 4.37. The molecule has 0 aliphatic heterocycles. The highest BCUT2D eigenvalue weighted by atomic mass is 35.5. The van der Waals surface area contributed by atoms with Crippen LogP contribution in [-0.2, 0) is 6.42 Å². The van der Waals surface area contributed by atoms with Gasteiger partial charge in [0.15, 0.2) is 0 Å².